The normalized spacial score (nSPS) is 19.7. The van der Waals surface area contributed by atoms with Crippen molar-refractivity contribution in [3.8, 4) is 0 Å². The van der Waals surface area contributed by atoms with Crippen molar-refractivity contribution >= 4 is 5.69 Å². The first-order valence-corrected chi connectivity index (χ1v) is 6.52. The van der Waals surface area contributed by atoms with E-state index in [-0.39, 0.29) is 5.82 Å². The third-order valence-corrected chi connectivity index (χ3v) is 4.49. The molecular formula is C15H22FN. The summed E-state index contributed by atoms with van der Waals surface area (Å²) in [7, 11) is 0. The van der Waals surface area contributed by atoms with Gasteiger partial charge in [-0.05, 0) is 48.4 Å². The minimum absolute atomic E-state index is 0.155. The summed E-state index contributed by atoms with van der Waals surface area (Å²) in [5, 5.41) is 0. The van der Waals surface area contributed by atoms with Crippen LogP contribution >= 0.6 is 0 Å². The molecular weight excluding hydrogens is 213 g/mol. The molecule has 0 N–H and O–H groups in total. The summed E-state index contributed by atoms with van der Waals surface area (Å²) in [5.41, 5.74) is 1.62. The van der Waals surface area contributed by atoms with Crippen molar-refractivity contribution in [2.24, 2.45) is 11.3 Å². The van der Waals surface area contributed by atoms with Crippen LogP contribution in [0.4, 0.5) is 10.1 Å². The van der Waals surface area contributed by atoms with Crippen LogP contribution in [0.2, 0.25) is 0 Å². The van der Waals surface area contributed by atoms with Crippen LogP contribution in [0.5, 0.6) is 0 Å². The maximum Gasteiger partial charge on any atom is 0.123 e. The van der Waals surface area contributed by atoms with Crippen LogP contribution in [0.25, 0.3) is 0 Å². The fraction of sp³-hybridized carbons (Fsp3) is 0.600. The lowest BCUT2D eigenvalue weighted by Crippen LogP contribution is -2.41. The summed E-state index contributed by atoms with van der Waals surface area (Å²) in [5.74, 6) is 0.579. The highest BCUT2D eigenvalue weighted by atomic mass is 19.1. The van der Waals surface area contributed by atoms with Gasteiger partial charge in [0.25, 0.3) is 0 Å². The molecule has 0 aliphatic carbocycles. The first kappa shape index (κ1) is 12.4. The van der Waals surface area contributed by atoms with E-state index in [1.165, 1.54) is 12.8 Å². The van der Waals surface area contributed by atoms with Crippen LogP contribution in [0.3, 0.4) is 0 Å². The highest BCUT2D eigenvalue weighted by molar-refractivity contribution is 5.46. The Labute approximate surface area is 104 Å². The van der Waals surface area contributed by atoms with Gasteiger partial charge < -0.3 is 4.90 Å². The van der Waals surface area contributed by atoms with Crippen molar-refractivity contribution in [2.75, 3.05) is 18.0 Å². The minimum Gasteiger partial charge on any atom is -0.371 e. The second-order valence-corrected chi connectivity index (χ2v) is 5.77. The van der Waals surface area contributed by atoms with E-state index in [1.54, 1.807) is 12.1 Å². The van der Waals surface area contributed by atoms with E-state index in [9.17, 15) is 4.39 Å². The van der Waals surface area contributed by atoms with Crippen LogP contribution in [-0.4, -0.2) is 13.1 Å². The van der Waals surface area contributed by atoms with Gasteiger partial charge in [0.1, 0.15) is 5.82 Å². The van der Waals surface area contributed by atoms with E-state index < -0.39 is 0 Å². The maximum atomic E-state index is 12.9. The average molecular weight is 235 g/mol. The molecule has 0 radical (unpaired) electrons. The van der Waals surface area contributed by atoms with Gasteiger partial charge in [0, 0.05) is 18.8 Å². The molecule has 17 heavy (non-hydrogen) atoms. The molecule has 0 atom stereocenters. The summed E-state index contributed by atoms with van der Waals surface area (Å²) in [6.07, 6.45) is 2.45. The average Bonchev–Trinajstić information content (AvgIpc) is 2.31. The number of rotatable bonds is 2. The molecule has 1 aromatic carbocycles. The Hall–Kier alpha value is -1.05. The summed E-state index contributed by atoms with van der Waals surface area (Å²) >= 11 is 0. The molecule has 0 amide bonds. The Morgan fingerprint density at radius 2 is 1.65 bits per heavy atom. The van der Waals surface area contributed by atoms with Crippen LogP contribution < -0.4 is 4.90 Å². The molecule has 1 aliphatic rings. The van der Waals surface area contributed by atoms with Crippen molar-refractivity contribution < 1.29 is 4.39 Å². The third-order valence-electron chi connectivity index (χ3n) is 4.49. The van der Waals surface area contributed by atoms with E-state index in [4.69, 9.17) is 0 Å². The second-order valence-electron chi connectivity index (χ2n) is 5.77. The van der Waals surface area contributed by atoms with Crippen LogP contribution in [0, 0.1) is 17.2 Å². The van der Waals surface area contributed by atoms with Gasteiger partial charge in [0.2, 0.25) is 0 Å². The van der Waals surface area contributed by atoms with Crippen molar-refractivity contribution in [1.29, 1.82) is 0 Å². The van der Waals surface area contributed by atoms with Gasteiger partial charge in [-0.15, -0.1) is 0 Å². The van der Waals surface area contributed by atoms with Gasteiger partial charge >= 0.3 is 0 Å². The Balaban J connectivity index is 2.02. The van der Waals surface area contributed by atoms with Gasteiger partial charge in [-0.1, -0.05) is 20.8 Å². The zero-order valence-electron chi connectivity index (χ0n) is 11.0. The number of hydrogen-bond acceptors (Lipinski definition) is 1. The molecule has 0 aromatic heterocycles. The van der Waals surface area contributed by atoms with Crippen molar-refractivity contribution in [2.45, 2.75) is 33.6 Å². The minimum atomic E-state index is -0.155. The summed E-state index contributed by atoms with van der Waals surface area (Å²) in [4.78, 5) is 2.36. The molecule has 1 aliphatic heterocycles. The second kappa shape index (κ2) is 4.67. The number of halogens is 1. The van der Waals surface area contributed by atoms with Gasteiger partial charge in [-0.25, -0.2) is 4.39 Å². The quantitative estimate of drug-likeness (QED) is 0.746. The fourth-order valence-electron chi connectivity index (χ4n) is 2.50. The summed E-state index contributed by atoms with van der Waals surface area (Å²) in [6.45, 7) is 9.18. The van der Waals surface area contributed by atoms with Crippen molar-refractivity contribution in [3.63, 3.8) is 0 Å². The Bertz CT molecular complexity index is 361. The topological polar surface area (TPSA) is 3.24 Å². The van der Waals surface area contributed by atoms with E-state index in [0.29, 0.717) is 5.41 Å². The molecule has 0 saturated carbocycles. The summed E-state index contributed by atoms with van der Waals surface area (Å²) in [6, 6.07) is 6.86. The molecule has 1 nitrogen and oxygen atoms in total. The maximum absolute atomic E-state index is 12.9. The standard InChI is InChI=1S/C15H22FN/c1-12(2)15(3)8-10-17(11-9-15)14-6-4-13(16)5-7-14/h4-7,12H,8-11H2,1-3H3. The lowest BCUT2D eigenvalue weighted by Gasteiger charge is -2.43. The van der Waals surface area contributed by atoms with Crippen LogP contribution in [0.1, 0.15) is 33.6 Å². The van der Waals surface area contributed by atoms with Crippen molar-refractivity contribution in [1.82, 2.24) is 0 Å². The molecule has 1 aromatic rings. The molecule has 1 saturated heterocycles. The first-order valence-electron chi connectivity index (χ1n) is 6.52. The highest BCUT2D eigenvalue weighted by Crippen LogP contribution is 2.39. The van der Waals surface area contributed by atoms with Gasteiger partial charge in [-0.3, -0.25) is 0 Å². The Morgan fingerprint density at radius 1 is 1.12 bits per heavy atom. The smallest absolute Gasteiger partial charge is 0.123 e. The van der Waals surface area contributed by atoms with Crippen LogP contribution in [0.15, 0.2) is 24.3 Å². The molecule has 1 fully saturated rings. The zero-order chi connectivity index (χ0) is 12.5. The largest absolute Gasteiger partial charge is 0.371 e. The van der Waals surface area contributed by atoms with E-state index in [1.807, 2.05) is 12.1 Å². The predicted molar refractivity (Wildman–Crippen MR) is 70.8 cm³/mol. The molecule has 2 rings (SSSR count). The number of hydrogen-bond donors (Lipinski definition) is 0. The van der Waals surface area contributed by atoms with Crippen molar-refractivity contribution in [3.05, 3.63) is 30.1 Å². The van der Waals surface area contributed by atoms with E-state index >= 15 is 0 Å². The Morgan fingerprint density at radius 3 is 2.12 bits per heavy atom. The number of nitrogens with zero attached hydrogens (tertiary/aromatic N) is 1. The van der Waals surface area contributed by atoms with E-state index in [0.717, 1.165) is 24.7 Å². The SMILES string of the molecule is CC(C)C1(C)CCN(c2ccc(F)cc2)CC1. The van der Waals surface area contributed by atoms with Crippen LogP contribution in [-0.2, 0) is 0 Å². The van der Waals surface area contributed by atoms with Gasteiger partial charge in [0.05, 0.1) is 0 Å². The molecule has 2 heteroatoms. The number of benzene rings is 1. The first-order chi connectivity index (χ1) is 8.01. The molecule has 1 heterocycles. The van der Waals surface area contributed by atoms with Gasteiger partial charge in [0.15, 0.2) is 0 Å². The monoisotopic (exact) mass is 235 g/mol. The lowest BCUT2D eigenvalue weighted by molar-refractivity contribution is 0.166. The third kappa shape index (κ3) is 2.62. The zero-order valence-corrected chi connectivity index (χ0v) is 11.0. The summed E-state index contributed by atoms with van der Waals surface area (Å²) < 4.78 is 12.9. The molecule has 94 valence electrons. The number of anilines is 1. The molecule has 0 bridgehead atoms. The molecule has 0 spiro atoms. The van der Waals surface area contributed by atoms with E-state index in [2.05, 4.69) is 25.7 Å². The Kier molecular flexibility index (Phi) is 3.41. The lowest BCUT2D eigenvalue weighted by atomic mass is 9.72. The number of piperidine rings is 1. The molecule has 0 unspecified atom stereocenters. The van der Waals surface area contributed by atoms with Gasteiger partial charge in [-0.2, -0.15) is 0 Å². The predicted octanol–water partition coefficient (Wildman–Crippen LogP) is 4.09. The highest BCUT2D eigenvalue weighted by Gasteiger charge is 2.32. The fourth-order valence-corrected chi connectivity index (χ4v) is 2.50.